The van der Waals surface area contributed by atoms with Gasteiger partial charge in [0.15, 0.2) is 0 Å². The van der Waals surface area contributed by atoms with Crippen LogP contribution in [0, 0.1) is 11.8 Å². The van der Waals surface area contributed by atoms with E-state index >= 15 is 0 Å². The molecule has 4 nitrogen and oxygen atoms in total. The van der Waals surface area contributed by atoms with Crippen molar-refractivity contribution in [3.63, 3.8) is 0 Å². The van der Waals surface area contributed by atoms with Gasteiger partial charge in [-0.3, -0.25) is 9.59 Å². The highest BCUT2D eigenvalue weighted by Crippen LogP contribution is 2.36. The molecule has 28 heavy (non-hydrogen) atoms. The molecule has 0 spiro atoms. The van der Waals surface area contributed by atoms with Crippen molar-refractivity contribution in [2.75, 3.05) is 18.0 Å². The molecular weight excluding hydrogens is 409 g/mol. The third-order valence-electron chi connectivity index (χ3n) is 4.91. The molecule has 0 N–H and O–H groups in total. The number of hydrogen-bond donors (Lipinski definition) is 0. The molecule has 0 aliphatic carbocycles. The summed E-state index contributed by atoms with van der Waals surface area (Å²) in [5.74, 6) is -0.0468. The number of carbonyl (C=O) groups excluding carboxylic acids is 2. The minimum absolute atomic E-state index is 0.0564. The lowest BCUT2D eigenvalue weighted by Crippen LogP contribution is -2.41. The molecule has 2 saturated heterocycles. The van der Waals surface area contributed by atoms with Crippen LogP contribution in [0.4, 0.5) is 18.9 Å². The van der Waals surface area contributed by atoms with Crippen molar-refractivity contribution in [1.29, 1.82) is 0 Å². The normalized spacial score (nSPS) is 26.1. The molecular formula is C19H21F3N2O2S2. The van der Waals surface area contributed by atoms with Gasteiger partial charge in [0.2, 0.25) is 11.8 Å². The maximum atomic E-state index is 13.0. The summed E-state index contributed by atoms with van der Waals surface area (Å²) in [5.41, 5.74) is -0.951. The Kier molecular flexibility index (Phi) is 6.05. The van der Waals surface area contributed by atoms with Gasteiger partial charge in [-0.25, -0.2) is 4.90 Å². The molecule has 3 rings (SSSR count). The molecule has 152 valence electrons. The van der Waals surface area contributed by atoms with Gasteiger partial charge < -0.3 is 4.90 Å². The fourth-order valence-corrected chi connectivity index (χ4v) is 5.27. The molecule has 1 aromatic rings. The highest BCUT2D eigenvalue weighted by atomic mass is 32.2. The molecule has 0 radical (unpaired) electrons. The molecule has 2 aliphatic rings. The average molecular weight is 431 g/mol. The quantitative estimate of drug-likeness (QED) is 0.516. The Morgan fingerprint density at radius 1 is 1.18 bits per heavy atom. The van der Waals surface area contributed by atoms with E-state index in [1.165, 1.54) is 12.1 Å². The molecule has 0 bridgehead atoms. The van der Waals surface area contributed by atoms with Gasteiger partial charge in [0.1, 0.15) is 9.57 Å². The highest BCUT2D eigenvalue weighted by molar-refractivity contribution is 8.23. The van der Waals surface area contributed by atoms with Gasteiger partial charge in [0.25, 0.3) is 0 Å². The first-order valence-electron chi connectivity index (χ1n) is 9.06. The van der Waals surface area contributed by atoms with Gasteiger partial charge in [-0.15, -0.1) is 0 Å². The van der Waals surface area contributed by atoms with Crippen molar-refractivity contribution in [2.45, 2.75) is 38.1 Å². The molecule has 1 aromatic carbocycles. The summed E-state index contributed by atoms with van der Waals surface area (Å²) in [6.45, 7) is 5.91. The summed E-state index contributed by atoms with van der Waals surface area (Å²) >= 11 is 6.65. The van der Waals surface area contributed by atoms with Crippen molar-refractivity contribution in [3.8, 4) is 0 Å². The number of alkyl halides is 3. The van der Waals surface area contributed by atoms with Crippen molar-refractivity contribution < 1.29 is 22.8 Å². The Hall–Kier alpha value is -1.61. The van der Waals surface area contributed by atoms with Crippen molar-refractivity contribution in [2.24, 2.45) is 11.8 Å². The van der Waals surface area contributed by atoms with E-state index in [1.54, 1.807) is 0 Å². The summed E-state index contributed by atoms with van der Waals surface area (Å²) in [5, 5.41) is -0.706. The van der Waals surface area contributed by atoms with Crippen LogP contribution in [0.25, 0.3) is 0 Å². The smallest absolute Gasteiger partial charge is 0.357 e. The standard InChI is InChI=1S/C19H21F3N2O2S2/c1-11-6-12(2)10-23(9-11)18(27)28-15-8-16(25)24(17(15)26)14-5-3-4-13(7-14)19(20,21)22/h3-5,7,11-12,15H,6,8-10H2,1-2H3/t11-,12-,15-/m1/s1. The number of thiocarbonyl (C=S) groups is 1. The van der Waals surface area contributed by atoms with Crippen LogP contribution in [0.5, 0.6) is 0 Å². The van der Waals surface area contributed by atoms with Crippen LogP contribution in [0.2, 0.25) is 0 Å². The zero-order chi connectivity index (χ0) is 20.6. The maximum absolute atomic E-state index is 13.0. The van der Waals surface area contributed by atoms with Crippen molar-refractivity contribution in [3.05, 3.63) is 29.8 Å². The van der Waals surface area contributed by atoms with Gasteiger partial charge in [0, 0.05) is 19.5 Å². The number of imide groups is 1. The fraction of sp³-hybridized carbons (Fsp3) is 0.526. The second-order valence-corrected chi connectivity index (χ2v) is 9.38. The van der Waals surface area contributed by atoms with Crippen molar-refractivity contribution >= 4 is 45.8 Å². The average Bonchev–Trinajstić information content (AvgIpc) is 2.87. The predicted molar refractivity (Wildman–Crippen MR) is 107 cm³/mol. The molecule has 2 heterocycles. The summed E-state index contributed by atoms with van der Waals surface area (Å²) in [4.78, 5) is 28.0. The van der Waals surface area contributed by atoms with Crippen molar-refractivity contribution in [1.82, 2.24) is 4.90 Å². The Labute approximate surface area is 171 Å². The van der Waals surface area contributed by atoms with Crippen LogP contribution in [0.1, 0.15) is 32.3 Å². The number of carbonyl (C=O) groups is 2. The summed E-state index contributed by atoms with van der Waals surface area (Å²) in [6.07, 6.45) is -3.49. The molecule has 0 aromatic heterocycles. The lowest BCUT2D eigenvalue weighted by atomic mass is 9.92. The lowest BCUT2D eigenvalue weighted by molar-refractivity contribution is -0.137. The van der Waals surface area contributed by atoms with Crippen LogP contribution in [0.3, 0.4) is 0 Å². The number of halogens is 3. The van der Waals surface area contributed by atoms with E-state index in [1.807, 2.05) is 0 Å². The minimum atomic E-state index is -4.54. The SMILES string of the molecule is C[C@@H]1C[C@@H](C)CN(C(=S)S[C@@H]2CC(=O)N(c3cccc(C(F)(F)F)c3)C2=O)C1. The Morgan fingerprint density at radius 2 is 1.82 bits per heavy atom. The van der Waals surface area contributed by atoms with Crippen LogP contribution in [-0.4, -0.2) is 39.4 Å². The fourth-order valence-electron chi connectivity index (χ4n) is 3.80. The lowest BCUT2D eigenvalue weighted by Gasteiger charge is -2.36. The first-order valence-corrected chi connectivity index (χ1v) is 10.3. The summed E-state index contributed by atoms with van der Waals surface area (Å²) in [7, 11) is 0. The number of hydrogen-bond acceptors (Lipinski definition) is 4. The number of piperidine rings is 1. The van der Waals surface area contributed by atoms with E-state index in [0.717, 1.165) is 48.3 Å². The largest absolute Gasteiger partial charge is 0.416 e. The van der Waals surface area contributed by atoms with Crippen LogP contribution < -0.4 is 4.90 Å². The predicted octanol–water partition coefficient (Wildman–Crippen LogP) is 4.33. The van der Waals surface area contributed by atoms with Gasteiger partial charge >= 0.3 is 6.18 Å². The molecule has 9 heteroatoms. The number of benzene rings is 1. The minimum Gasteiger partial charge on any atom is -0.357 e. The third kappa shape index (κ3) is 4.51. The van der Waals surface area contributed by atoms with Gasteiger partial charge in [-0.05, 0) is 36.5 Å². The second kappa shape index (κ2) is 8.02. The summed E-state index contributed by atoms with van der Waals surface area (Å²) in [6, 6.07) is 4.27. The van der Waals surface area contributed by atoms with Gasteiger partial charge in [0.05, 0.1) is 11.3 Å². The molecule has 3 atom stereocenters. The molecule has 0 unspecified atom stereocenters. The van der Waals surface area contributed by atoms with E-state index in [9.17, 15) is 22.8 Å². The second-order valence-electron chi connectivity index (χ2n) is 7.54. The van der Waals surface area contributed by atoms with E-state index in [2.05, 4.69) is 18.7 Å². The van der Waals surface area contributed by atoms with E-state index in [-0.39, 0.29) is 12.1 Å². The first kappa shape index (κ1) is 21.1. The van der Waals surface area contributed by atoms with E-state index < -0.39 is 28.8 Å². The maximum Gasteiger partial charge on any atom is 0.416 e. The topological polar surface area (TPSA) is 40.6 Å². The number of anilines is 1. The third-order valence-corrected chi connectivity index (χ3v) is 6.57. The Balaban J connectivity index is 1.73. The van der Waals surface area contributed by atoms with E-state index in [4.69, 9.17) is 12.2 Å². The number of rotatable bonds is 2. The zero-order valence-corrected chi connectivity index (χ0v) is 17.2. The Morgan fingerprint density at radius 3 is 2.43 bits per heavy atom. The number of likely N-dealkylation sites (tertiary alicyclic amines) is 1. The molecule has 0 saturated carbocycles. The number of amides is 2. The Bertz CT molecular complexity index is 790. The zero-order valence-electron chi connectivity index (χ0n) is 15.5. The highest BCUT2D eigenvalue weighted by Gasteiger charge is 2.42. The van der Waals surface area contributed by atoms with Gasteiger partial charge in [-0.1, -0.05) is 43.9 Å². The molecule has 2 fully saturated rings. The molecule has 2 amide bonds. The van der Waals surface area contributed by atoms with E-state index in [0.29, 0.717) is 16.2 Å². The number of thioether (sulfide) groups is 1. The van der Waals surface area contributed by atoms with Crippen LogP contribution in [0.15, 0.2) is 24.3 Å². The first-order chi connectivity index (χ1) is 13.1. The van der Waals surface area contributed by atoms with Gasteiger partial charge in [-0.2, -0.15) is 13.2 Å². The molecule has 2 aliphatic heterocycles. The van der Waals surface area contributed by atoms with Crippen LogP contribution >= 0.6 is 24.0 Å². The monoisotopic (exact) mass is 430 g/mol. The number of nitrogens with zero attached hydrogens (tertiary/aromatic N) is 2. The summed E-state index contributed by atoms with van der Waals surface area (Å²) < 4.78 is 39.4. The van der Waals surface area contributed by atoms with Crippen LogP contribution in [-0.2, 0) is 15.8 Å².